The highest BCUT2D eigenvalue weighted by molar-refractivity contribution is 14.0. The highest BCUT2D eigenvalue weighted by Crippen LogP contribution is 2.17. The topological polar surface area (TPSA) is 79.5 Å². The second kappa shape index (κ2) is 11.3. The number of nitrogens with one attached hydrogen (secondary N) is 2. The number of carbonyl (C=O) groups excluding carboxylic acids is 1. The maximum Gasteiger partial charge on any atom is 0.251 e. The fourth-order valence-corrected chi connectivity index (χ4v) is 2.90. The van der Waals surface area contributed by atoms with Crippen LogP contribution in [0.5, 0.6) is 0 Å². The monoisotopic (exact) mass is 458 g/mol. The lowest BCUT2D eigenvalue weighted by Gasteiger charge is -2.23. The van der Waals surface area contributed by atoms with Crippen LogP contribution in [0.25, 0.3) is 0 Å². The summed E-state index contributed by atoms with van der Waals surface area (Å²) in [6, 6.07) is 8.20. The standard InChI is InChI=1S/C19H30N4O.HI/c1-3-14(2)22-18(24)16-9-7-8-15(12-16)13-21-19(20)23-17-10-5-4-6-11-17;/h7-9,12,14,17H,3-6,10-11,13H2,1-2H3,(H,22,24)(H3,20,21,23);1H. The van der Waals surface area contributed by atoms with Gasteiger partial charge >= 0.3 is 0 Å². The van der Waals surface area contributed by atoms with Crippen molar-refractivity contribution >= 4 is 35.8 Å². The molecule has 0 aromatic heterocycles. The van der Waals surface area contributed by atoms with Gasteiger partial charge in [0.25, 0.3) is 5.91 Å². The van der Waals surface area contributed by atoms with E-state index in [1.165, 1.54) is 32.1 Å². The van der Waals surface area contributed by atoms with E-state index in [0.717, 1.165) is 12.0 Å². The lowest BCUT2D eigenvalue weighted by Crippen LogP contribution is -2.41. The average Bonchev–Trinajstić information content (AvgIpc) is 2.61. The molecule has 2 rings (SSSR count). The summed E-state index contributed by atoms with van der Waals surface area (Å²) in [6.45, 7) is 4.54. The minimum Gasteiger partial charge on any atom is -0.370 e. The summed E-state index contributed by atoms with van der Waals surface area (Å²) in [5.74, 6) is 0.458. The van der Waals surface area contributed by atoms with Crippen LogP contribution in [0.1, 0.15) is 68.3 Å². The molecule has 1 fully saturated rings. The van der Waals surface area contributed by atoms with Crippen molar-refractivity contribution in [3.05, 3.63) is 35.4 Å². The molecule has 1 aliphatic carbocycles. The lowest BCUT2D eigenvalue weighted by molar-refractivity contribution is 0.0939. The molecule has 0 bridgehead atoms. The summed E-state index contributed by atoms with van der Waals surface area (Å²) in [6.07, 6.45) is 7.10. The first-order valence-corrected chi connectivity index (χ1v) is 9.04. The summed E-state index contributed by atoms with van der Waals surface area (Å²) in [7, 11) is 0. The zero-order valence-electron chi connectivity index (χ0n) is 15.3. The predicted molar refractivity (Wildman–Crippen MR) is 114 cm³/mol. The third kappa shape index (κ3) is 7.63. The Balaban J connectivity index is 0.00000312. The van der Waals surface area contributed by atoms with Crippen molar-refractivity contribution in [1.29, 1.82) is 0 Å². The molecule has 6 heteroatoms. The van der Waals surface area contributed by atoms with Gasteiger partial charge in [0, 0.05) is 17.6 Å². The van der Waals surface area contributed by atoms with Crippen molar-refractivity contribution in [2.24, 2.45) is 10.7 Å². The number of nitrogens with zero attached hydrogens (tertiary/aromatic N) is 1. The third-order valence-electron chi connectivity index (χ3n) is 4.57. The Morgan fingerprint density at radius 2 is 2.04 bits per heavy atom. The number of benzene rings is 1. The van der Waals surface area contributed by atoms with Crippen molar-refractivity contribution in [2.45, 2.75) is 71.0 Å². The molecule has 0 heterocycles. The van der Waals surface area contributed by atoms with Gasteiger partial charge in [-0.1, -0.05) is 38.3 Å². The Labute approximate surface area is 168 Å². The first kappa shape index (κ1) is 21.7. The van der Waals surface area contributed by atoms with Gasteiger partial charge in [-0.3, -0.25) is 4.79 Å². The van der Waals surface area contributed by atoms with Crippen molar-refractivity contribution in [1.82, 2.24) is 10.6 Å². The molecular formula is C19H31IN4O. The van der Waals surface area contributed by atoms with Gasteiger partial charge in [-0.05, 0) is 43.9 Å². The molecule has 1 aromatic carbocycles. The Morgan fingerprint density at radius 1 is 1.32 bits per heavy atom. The number of hydrogen-bond donors (Lipinski definition) is 3. The molecule has 1 saturated carbocycles. The van der Waals surface area contributed by atoms with E-state index in [1.54, 1.807) is 0 Å². The lowest BCUT2D eigenvalue weighted by atomic mass is 9.96. The fourth-order valence-electron chi connectivity index (χ4n) is 2.90. The molecule has 5 nitrogen and oxygen atoms in total. The predicted octanol–water partition coefficient (Wildman–Crippen LogP) is 3.57. The smallest absolute Gasteiger partial charge is 0.251 e. The third-order valence-corrected chi connectivity index (χ3v) is 4.57. The highest BCUT2D eigenvalue weighted by Gasteiger charge is 2.13. The van der Waals surface area contributed by atoms with Crippen molar-refractivity contribution in [2.75, 3.05) is 0 Å². The number of aliphatic imine (C=N–C) groups is 1. The van der Waals surface area contributed by atoms with E-state index in [9.17, 15) is 4.79 Å². The first-order chi connectivity index (χ1) is 11.6. The highest BCUT2D eigenvalue weighted by atomic mass is 127. The number of rotatable bonds is 6. The molecule has 1 aromatic rings. The van der Waals surface area contributed by atoms with Crippen LogP contribution in [0.3, 0.4) is 0 Å². The molecular weight excluding hydrogens is 427 g/mol. The number of amides is 1. The quantitative estimate of drug-likeness (QED) is 0.347. The number of carbonyl (C=O) groups is 1. The van der Waals surface area contributed by atoms with Gasteiger partial charge in [0.15, 0.2) is 5.96 Å². The van der Waals surface area contributed by atoms with Gasteiger partial charge in [0.05, 0.1) is 6.54 Å². The minimum atomic E-state index is -0.0384. The van der Waals surface area contributed by atoms with Gasteiger partial charge in [0.2, 0.25) is 0 Å². The molecule has 140 valence electrons. The van der Waals surface area contributed by atoms with E-state index in [-0.39, 0.29) is 35.9 Å². The van der Waals surface area contributed by atoms with Gasteiger partial charge in [-0.25, -0.2) is 4.99 Å². The molecule has 25 heavy (non-hydrogen) atoms. The minimum absolute atomic E-state index is 0. The van der Waals surface area contributed by atoms with E-state index in [4.69, 9.17) is 5.73 Å². The molecule has 1 amide bonds. The number of hydrogen-bond acceptors (Lipinski definition) is 2. The first-order valence-electron chi connectivity index (χ1n) is 9.04. The molecule has 1 atom stereocenters. The normalized spacial score (nSPS) is 16.6. The molecule has 1 unspecified atom stereocenters. The zero-order valence-corrected chi connectivity index (χ0v) is 17.6. The summed E-state index contributed by atoms with van der Waals surface area (Å²) >= 11 is 0. The Hall–Kier alpha value is -1.31. The Morgan fingerprint density at radius 3 is 2.72 bits per heavy atom. The van der Waals surface area contributed by atoms with Crippen molar-refractivity contribution < 1.29 is 4.79 Å². The largest absolute Gasteiger partial charge is 0.370 e. The number of halogens is 1. The molecule has 4 N–H and O–H groups in total. The molecule has 0 saturated heterocycles. The van der Waals surface area contributed by atoms with Gasteiger partial charge in [0.1, 0.15) is 0 Å². The summed E-state index contributed by atoms with van der Waals surface area (Å²) < 4.78 is 0. The van der Waals surface area contributed by atoms with Crippen molar-refractivity contribution in [3.8, 4) is 0 Å². The molecule has 0 spiro atoms. The average molecular weight is 458 g/mol. The maximum atomic E-state index is 12.2. The van der Waals surface area contributed by atoms with Gasteiger partial charge in [-0.2, -0.15) is 0 Å². The van der Waals surface area contributed by atoms with Gasteiger partial charge < -0.3 is 16.4 Å². The SMILES string of the molecule is CCC(C)NC(=O)c1cccc(CN=C(N)NC2CCCCC2)c1.I. The van der Waals surface area contributed by atoms with Crippen LogP contribution < -0.4 is 16.4 Å². The Bertz CT molecular complexity index is 570. The maximum absolute atomic E-state index is 12.2. The number of guanidine groups is 1. The van der Waals surface area contributed by atoms with E-state index in [2.05, 4.69) is 22.5 Å². The Kier molecular flexibility index (Phi) is 9.85. The van der Waals surface area contributed by atoms with Crippen LogP contribution in [-0.4, -0.2) is 24.0 Å². The van der Waals surface area contributed by atoms with E-state index < -0.39 is 0 Å². The van der Waals surface area contributed by atoms with Gasteiger partial charge in [-0.15, -0.1) is 24.0 Å². The van der Waals surface area contributed by atoms with E-state index in [0.29, 0.717) is 24.1 Å². The second-order valence-corrected chi connectivity index (χ2v) is 6.66. The summed E-state index contributed by atoms with van der Waals surface area (Å²) in [5.41, 5.74) is 7.65. The summed E-state index contributed by atoms with van der Waals surface area (Å²) in [5, 5.41) is 6.29. The fraction of sp³-hybridized carbons (Fsp3) is 0.579. The summed E-state index contributed by atoms with van der Waals surface area (Å²) in [4.78, 5) is 16.6. The second-order valence-electron chi connectivity index (χ2n) is 6.66. The molecule has 1 aliphatic rings. The van der Waals surface area contributed by atoms with Crippen LogP contribution in [0.4, 0.5) is 0 Å². The van der Waals surface area contributed by atoms with Crippen LogP contribution in [0, 0.1) is 0 Å². The van der Waals surface area contributed by atoms with Crippen LogP contribution in [0.15, 0.2) is 29.3 Å². The molecule has 0 radical (unpaired) electrons. The zero-order chi connectivity index (χ0) is 17.4. The van der Waals surface area contributed by atoms with Crippen LogP contribution in [0.2, 0.25) is 0 Å². The number of nitrogens with two attached hydrogens (primary N) is 1. The van der Waals surface area contributed by atoms with E-state index in [1.807, 2.05) is 31.2 Å². The van der Waals surface area contributed by atoms with Crippen LogP contribution in [-0.2, 0) is 6.54 Å². The molecule has 0 aliphatic heterocycles. The van der Waals surface area contributed by atoms with E-state index >= 15 is 0 Å². The van der Waals surface area contributed by atoms with Crippen LogP contribution >= 0.6 is 24.0 Å². The van der Waals surface area contributed by atoms with Crippen molar-refractivity contribution in [3.63, 3.8) is 0 Å².